The van der Waals surface area contributed by atoms with Crippen molar-refractivity contribution in [2.24, 2.45) is 0 Å². The van der Waals surface area contributed by atoms with Gasteiger partial charge in [0.2, 0.25) is 0 Å². The molecule has 25 heavy (non-hydrogen) atoms. The zero-order chi connectivity index (χ0) is 17.5. The van der Waals surface area contributed by atoms with E-state index in [-0.39, 0.29) is 12.4 Å². The summed E-state index contributed by atoms with van der Waals surface area (Å²) in [5.41, 5.74) is 2.72. The van der Waals surface area contributed by atoms with Gasteiger partial charge in [-0.15, -0.1) is 12.4 Å². The second kappa shape index (κ2) is 10.7. The first-order valence-electron chi connectivity index (χ1n) is 7.84. The molecule has 0 atom stereocenters. The second-order valence-electron chi connectivity index (χ2n) is 5.85. The van der Waals surface area contributed by atoms with Crippen LogP contribution in [0.25, 0.3) is 12.2 Å². The molecule has 6 heteroatoms. The van der Waals surface area contributed by atoms with Gasteiger partial charge in [0.25, 0.3) is 0 Å². The molecule has 0 radical (unpaired) electrons. The van der Waals surface area contributed by atoms with E-state index < -0.39 is 0 Å². The summed E-state index contributed by atoms with van der Waals surface area (Å²) in [5.74, 6) is 0.788. The standard InChI is InChI=1S/C19H22Cl2N2O.ClH/c1-14-5-10-19(24-12-4-11-23(2)3)18(22-14)9-7-15-6-8-16(20)17(21)13-15;/h5-10,13H,4,11-12H2,1-3H3;1H/b9-7+;. The minimum atomic E-state index is 0. The van der Waals surface area contributed by atoms with E-state index >= 15 is 0 Å². The van der Waals surface area contributed by atoms with Gasteiger partial charge in [-0.1, -0.05) is 35.3 Å². The van der Waals surface area contributed by atoms with Gasteiger partial charge in [0, 0.05) is 12.2 Å². The van der Waals surface area contributed by atoms with Gasteiger partial charge in [-0.25, -0.2) is 4.98 Å². The van der Waals surface area contributed by atoms with Gasteiger partial charge in [-0.3, -0.25) is 0 Å². The van der Waals surface area contributed by atoms with Crippen molar-refractivity contribution in [1.82, 2.24) is 9.88 Å². The summed E-state index contributed by atoms with van der Waals surface area (Å²) in [6.07, 6.45) is 4.86. The number of aromatic nitrogens is 1. The summed E-state index contributed by atoms with van der Waals surface area (Å²) >= 11 is 12.0. The molecule has 0 aliphatic heterocycles. The Morgan fingerprint density at radius 1 is 1.08 bits per heavy atom. The molecule has 0 saturated heterocycles. The molecule has 0 amide bonds. The molecule has 0 unspecified atom stereocenters. The Morgan fingerprint density at radius 3 is 2.52 bits per heavy atom. The van der Waals surface area contributed by atoms with Gasteiger partial charge in [0.05, 0.1) is 16.7 Å². The molecule has 0 bridgehead atoms. The second-order valence-corrected chi connectivity index (χ2v) is 6.66. The number of halogens is 3. The van der Waals surface area contributed by atoms with Crippen LogP contribution in [0.4, 0.5) is 0 Å². The molecule has 0 N–H and O–H groups in total. The van der Waals surface area contributed by atoms with E-state index in [2.05, 4.69) is 24.0 Å². The normalized spacial score (nSPS) is 11.0. The molecule has 2 rings (SSSR count). The smallest absolute Gasteiger partial charge is 0.144 e. The molecule has 1 heterocycles. The van der Waals surface area contributed by atoms with Crippen molar-refractivity contribution in [3.63, 3.8) is 0 Å². The predicted molar refractivity (Wildman–Crippen MR) is 110 cm³/mol. The Bertz CT molecular complexity index is 718. The summed E-state index contributed by atoms with van der Waals surface area (Å²) in [5, 5.41) is 1.09. The molecular formula is C19H23Cl3N2O. The van der Waals surface area contributed by atoms with Gasteiger partial charge in [-0.05, 0) is 63.3 Å². The fourth-order valence-electron chi connectivity index (χ4n) is 2.16. The molecule has 2 aromatic rings. The number of nitrogens with zero attached hydrogens (tertiary/aromatic N) is 2. The van der Waals surface area contributed by atoms with Crippen molar-refractivity contribution in [3.05, 3.63) is 57.3 Å². The van der Waals surface area contributed by atoms with E-state index in [0.29, 0.717) is 16.7 Å². The SMILES string of the molecule is Cc1ccc(OCCCN(C)C)c(/C=C/c2ccc(Cl)c(Cl)c2)n1.Cl. The summed E-state index contributed by atoms with van der Waals surface area (Å²) in [4.78, 5) is 6.70. The number of hydrogen-bond donors (Lipinski definition) is 0. The van der Waals surface area contributed by atoms with Crippen molar-refractivity contribution >= 4 is 47.8 Å². The van der Waals surface area contributed by atoms with Crippen LogP contribution in [0.2, 0.25) is 10.0 Å². The Hall–Kier alpha value is -1.26. The molecule has 0 aliphatic carbocycles. The summed E-state index contributed by atoms with van der Waals surface area (Å²) in [7, 11) is 4.11. The molecule has 3 nitrogen and oxygen atoms in total. The van der Waals surface area contributed by atoms with Crippen molar-refractivity contribution in [1.29, 1.82) is 0 Å². The summed E-state index contributed by atoms with van der Waals surface area (Å²) in [6, 6.07) is 9.45. The van der Waals surface area contributed by atoms with Crippen LogP contribution in [0.15, 0.2) is 30.3 Å². The topological polar surface area (TPSA) is 25.4 Å². The third kappa shape index (κ3) is 7.25. The minimum absolute atomic E-state index is 0. The molecule has 1 aromatic carbocycles. The van der Waals surface area contributed by atoms with Crippen LogP contribution in [-0.2, 0) is 0 Å². The third-order valence-electron chi connectivity index (χ3n) is 3.41. The van der Waals surface area contributed by atoms with E-state index in [1.54, 1.807) is 6.07 Å². The lowest BCUT2D eigenvalue weighted by Gasteiger charge is -2.12. The third-order valence-corrected chi connectivity index (χ3v) is 4.15. The van der Waals surface area contributed by atoms with Crippen LogP contribution < -0.4 is 4.74 Å². The highest BCUT2D eigenvalue weighted by molar-refractivity contribution is 6.42. The van der Waals surface area contributed by atoms with Crippen LogP contribution in [0.5, 0.6) is 5.75 Å². The highest BCUT2D eigenvalue weighted by Crippen LogP contribution is 2.25. The van der Waals surface area contributed by atoms with Crippen LogP contribution in [0.3, 0.4) is 0 Å². The lowest BCUT2D eigenvalue weighted by atomic mass is 10.2. The quantitative estimate of drug-likeness (QED) is 0.563. The van der Waals surface area contributed by atoms with Crippen LogP contribution in [-0.4, -0.2) is 37.1 Å². The molecular weight excluding hydrogens is 379 g/mol. The highest BCUT2D eigenvalue weighted by Gasteiger charge is 2.04. The van der Waals surface area contributed by atoms with E-state index in [0.717, 1.165) is 35.7 Å². The lowest BCUT2D eigenvalue weighted by Crippen LogP contribution is -2.15. The fraction of sp³-hybridized carbons (Fsp3) is 0.316. The van der Waals surface area contributed by atoms with Gasteiger partial charge in [-0.2, -0.15) is 0 Å². The van der Waals surface area contributed by atoms with Crippen molar-refractivity contribution in [2.45, 2.75) is 13.3 Å². The largest absolute Gasteiger partial charge is 0.491 e. The van der Waals surface area contributed by atoms with E-state index in [9.17, 15) is 0 Å². The van der Waals surface area contributed by atoms with Crippen molar-refractivity contribution in [2.75, 3.05) is 27.2 Å². The molecule has 0 fully saturated rings. The van der Waals surface area contributed by atoms with Gasteiger partial charge in [0.15, 0.2) is 0 Å². The van der Waals surface area contributed by atoms with Gasteiger partial charge < -0.3 is 9.64 Å². The average molecular weight is 402 g/mol. The maximum atomic E-state index is 6.05. The number of aryl methyl sites for hydroxylation is 1. The molecule has 0 saturated carbocycles. The molecule has 0 spiro atoms. The van der Waals surface area contributed by atoms with E-state index in [4.69, 9.17) is 27.9 Å². The predicted octanol–water partition coefficient (Wildman–Crippen LogP) is 5.62. The first kappa shape index (κ1) is 21.8. The highest BCUT2D eigenvalue weighted by atomic mass is 35.5. The van der Waals surface area contributed by atoms with Crippen molar-refractivity contribution in [3.8, 4) is 5.75 Å². The van der Waals surface area contributed by atoms with Crippen molar-refractivity contribution < 1.29 is 4.74 Å². The zero-order valence-electron chi connectivity index (χ0n) is 14.6. The monoisotopic (exact) mass is 400 g/mol. The lowest BCUT2D eigenvalue weighted by molar-refractivity contribution is 0.280. The maximum Gasteiger partial charge on any atom is 0.144 e. The minimum Gasteiger partial charge on any atom is -0.491 e. The van der Waals surface area contributed by atoms with Gasteiger partial charge >= 0.3 is 0 Å². The van der Waals surface area contributed by atoms with Crippen LogP contribution in [0.1, 0.15) is 23.4 Å². The molecule has 136 valence electrons. The summed E-state index contributed by atoms with van der Waals surface area (Å²) < 4.78 is 5.89. The first-order chi connectivity index (χ1) is 11.5. The van der Waals surface area contributed by atoms with Crippen LogP contribution in [0, 0.1) is 6.92 Å². The number of rotatable bonds is 7. The number of benzene rings is 1. The Labute approximate surface area is 166 Å². The Kier molecular flexibility index (Phi) is 9.30. The fourth-order valence-corrected chi connectivity index (χ4v) is 2.47. The van der Waals surface area contributed by atoms with E-state index in [1.165, 1.54) is 0 Å². The van der Waals surface area contributed by atoms with Gasteiger partial charge in [0.1, 0.15) is 11.4 Å². The first-order valence-corrected chi connectivity index (χ1v) is 8.59. The Morgan fingerprint density at radius 2 is 1.84 bits per heavy atom. The number of hydrogen-bond acceptors (Lipinski definition) is 3. The molecule has 0 aliphatic rings. The number of ether oxygens (including phenoxy) is 1. The Balaban J connectivity index is 0.00000312. The van der Waals surface area contributed by atoms with E-state index in [1.807, 2.05) is 43.3 Å². The van der Waals surface area contributed by atoms with Crippen LogP contribution >= 0.6 is 35.6 Å². The maximum absolute atomic E-state index is 6.05. The number of pyridine rings is 1. The zero-order valence-corrected chi connectivity index (χ0v) is 17.0. The summed E-state index contributed by atoms with van der Waals surface area (Å²) in [6.45, 7) is 3.62. The average Bonchev–Trinajstić information content (AvgIpc) is 2.54. The molecule has 1 aromatic heterocycles.